The minimum Gasteiger partial charge on any atom is -0.368 e. The normalized spacial score (nSPS) is 21.5. The molecule has 18 rings (SSSR count). The number of nitrogens with two attached hydrogens (primary N) is 2. The first-order chi connectivity index (χ1) is 69.8. The fourth-order valence-corrected chi connectivity index (χ4v) is 22.6. The number of aromatic amines is 3. The van der Waals surface area contributed by atoms with Crippen LogP contribution in [0, 0.1) is 63.8 Å². The molecule has 146 heavy (non-hydrogen) atoms. The van der Waals surface area contributed by atoms with E-state index in [0.717, 1.165) is 34.4 Å². The second kappa shape index (κ2) is 43.5. The van der Waals surface area contributed by atoms with Gasteiger partial charge in [0, 0.05) is 114 Å². The predicted molar refractivity (Wildman–Crippen MR) is 547 cm³/mol. The van der Waals surface area contributed by atoms with Gasteiger partial charge in [0.05, 0.1) is 39.8 Å². The molecule has 4 saturated heterocycles. The smallest absolute Gasteiger partial charge is 0.270 e. The van der Waals surface area contributed by atoms with E-state index >= 15 is 0 Å². The maximum atomic E-state index is 14.4. The molecule has 4 fully saturated rings. The maximum absolute atomic E-state index is 14.4. The molecule has 0 saturated carbocycles. The first kappa shape index (κ1) is 105. The number of rotatable bonds is 29. The Balaban J connectivity index is 0.000000147. The fourth-order valence-electron chi connectivity index (χ4n) is 22.6. The molecule has 0 bridgehead atoms. The van der Waals surface area contributed by atoms with Crippen LogP contribution in [-0.2, 0) is 69.6 Å². The average molecular weight is 1990 g/mol. The number of H-pyrrole nitrogens is 3. The predicted octanol–water partition coefficient (Wildman–Crippen LogP) is 14.1. The summed E-state index contributed by atoms with van der Waals surface area (Å²) in [6.07, 6.45) is 5.09. The van der Waals surface area contributed by atoms with Gasteiger partial charge in [-0.1, -0.05) is 174 Å². The van der Waals surface area contributed by atoms with Gasteiger partial charge in [-0.25, -0.2) is 13.2 Å². The number of fused-ring (bicyclic) bond motifs is 11. The van der Waals surface area contributed by atoms with E-state index in [9.17, 15) is 86.0 Å². The van der Waals surface area contributed by atoms with E-state index in [1.54, 1.807) is 42.5 Å². The van der Waals surface area contributed by atoms with Gasteiger partial charge in [-0.2, -0.15) is 10.5 Å². The Labute approximate surface area is 846 Å². The number of hydrogen-bond donors (Lipinski definition) is 10. The number of carbonyl (C=O) groups excluding carboxylic acids is 13. The zero-order valence-corrected chi connectivity index (χ0v) is 84.4. The summed E-state index contributed by atoms with van der Waals surface area (Å²) in [6, 6.07) is 45.7. The molecule has 4 spiro atoms. The number of amides is 13. The molecule has 32 nitrogen and oxygen atoms in total. The number of primary amides is 2. The quantitative estimate of drug-likeness (QED) is 0.0208. The van der Waals surface area contributed by atoms with Crippen molar-refractivity contribution in [3.05, 3.63) is 227 Å². The number of benzene rings is 7. The Morgan fingerprint density at radius 1 is 0.384 bits per heavy atom. The lowest BCUT2D eigenvalue weighted by molar-refractivity contribution is -0.141. The molecule has 0 unspecified atom stereocenters. The lowest BCUT2D eigenvalue weighted by atomic mass is 9.79. The number of para-hydroxylation sites is 4. The number of aromatic nitrogens is 3. The SMILES string of the molecule is CCCN(C(=O)c1cc2c(F)cccc2[nH]1)[C@@H](CC(C)C)C(=O)N1C[C@]2(C[C@H]1C#N)C(=O)Nc1ccccc12.CCCN(C(=O)c1cc2c(F)cccc2[nH]1)[C@@H](CC(C)C)C(=O)N1C[C@]2(C[C@H]1C#N)C(=O)Nc1ccccc12.CCCN(C(=O)c1cc2c(F)cccc2[nH]1)[C@@H](CC(C)C)C(=O)N1C[C@]2(C[C@H]1C(N)=O)C(=O)Nc1ccccc12.CCCN[C@@H](CC(C)C)C(=O)N1C[C@]2(C[C@H]1C(N)=O)C(=O)Nc1ccccc12. The lowest BCUT2D eigenvalue weighted by Gasteiger charge is -2.36. The largest absolute Gasteiger partial charge is 0.368 e. The van der Waals surface area contributed by atoms with Crippen molar-refractivity contribution in [1.29, 1.82) is 10.5 Å². The minimum absolute atomic E-state index is 0.0252. The van der Waals surface area contributed by atoms with E-state index in [-0.39, 0.29) is 140 Å². The Morgan fingerprint density at radius 3 is 0.925 bits per heavy atom. The molecular weight excluding hydrogens is 1860 g/mol. The van der Waals surface area contributed by atoms with Gasteiger partial charge in [-0.05, 0) is 196 Å². The van der Waals surface area contributed by atoms with Crippen molar-refractivity contribution in [2.45, 2.75) is 230 Å². The summed E-state index contributed by atoms with van der Waals surface area (Å²) in [4.78, 5) is 195. The molecule has 35 heteroatoms. The van der Waals surface area contributed by atoms with E-state index in [1.165, 1.54) is 70.7 Å². The van der Waals surface area contributed by atoms with Crippen molar-refractivity contribution in [3.8, 4) is 12.1 Å². The molecule has 7 aromatic carbocycles. The summed E-state index contributed by atoms with van der Waals surface area (Å²) < 4.78 is 43.1. The van der Waals surface area contributed by atoms with Crippen LogP contribution < -0.4 is 38.1 Å². The average Bonchev–Trinajstić information content (AvgIpc) is 1.58. The van der Waals surface area contributed by atoms with Crippen molar-refractivity contribution in [2.75, 3.05) is 73.6 Å². The highest BCUT2D eigenvalue weighted by Crippen LogP contribution is 2.52. The molecule has 0 aliphatic carbocycles. The van der Waals surface area contributed by atoms with Crippen LogP contribution >= 0.6 is 0 Å². The van der Waals surface area contributed by atoms with Gasteiger partial charge in [0.2, 0.25) is 59.1 Å². The topological polar surface area (TPSA) is 452 Å². The molecule has 766 valence electrons. The Morgan fingerprint density at radius 2 is 0.658 bits per heavy atom. The number of nitrogens with zero attached hydrogens (tertiary/aromatic N) is 9. The van der Waals surface area contributed by atoms with Gasteiger partial charge in [-0.15, -0.1) is 0 Å². The van der Waals surface area contributed by atoms with Crippen LogP contribution in [-0.4, -0.2) is 227 Å². The van der Waals surface area contributed by atoms with Crippen molar-refractivity contribution in [2.24, 2.45) is 35.1 Å². The second-order valence-corrected chi connectivity index (χ2v) is 41.4. The summed E-state index contributed by atoms with van der Waals surface area (Å²) in [5.41, 5.74) is 15.4. The van der Waals surface area contributed by atoms with Crippen molar-refractivity contribution < 1.29 is 75.5 Å². The van der Waals surface area contributed by atoms with Gasteiger partial charge < -0.3 is 87.3 Å². The zero-order chi connectivity index (χ0) is 105. The van der Waals surface area contributed by atoms with Crippen LogP contribution in [0.5, 0.6) is 0 Å². The van der Waals surface area contributed by atoms with Gasteiger partial charge in [-0.3, -0.25) is 62.3 Å². The number of carbonyl (C=O) groups is 13. The van der Waals surface area contributed by atoms with Gasteiger partial charge >= 0.3 is 0 Å². The summed E-state index contributed by atoms with van der Waals surface area (Å²) in [7, 11) is 0. The van der Waals surface area contributed by atoms with Crippen LogP contribution in [0.15, 0.2) is 170 Å². The van der Waals surface area contributed by atoms with E-state index in [4.69, 9.17) is 11.5 Å². The zero-order valence-electron chi connectivity index (χ0n) is 84.4. The van der Waals surface area contributed by atoms with Crippen molar-refractivity contribution in [1.82, 2.24) is 54.6 Å². The first-order valence-corrected chi connectivity index (χ1v) is 50.5. The molecule has 10 aromatic rings. The van der Waals surface area contributed by atoms with E-state index in [1.807, 2.05) is 160 Å². The van der Waals surface area contributed by atoms with Crippen molar-refractivity contribution in [3.63, 3.8) is 0 Å². The molecule has 13 amide bonds. The van der Waals surface area contributed by atoms with Crippen molar-refractivity contribution >= 4 is 132 Å². The highest BCUT2D eigenvalue weighted by molar-refractivity contribution is 6.12. The summed E-state index contributed by atoms with van der Waals surface area (Å²) in [5.74, 6) is -5.55. The molecule has 11 heterocycles. The molecular formula is C111H128F3N19O13. The lowest BCUT2D eigenvalue weighted by Crippen LogP contribution is -2.55. The minimum atomic E-state index is -1.11. The van der Waals surface area contributed by atoms with Crippen LogP contribution in [0.2, 0.25) is 0 Å². The van der Waals surface area contributed by atoms with Crippen LogP contribution in [0.25, 0.3) is 32.7 Å². The number of likely N-dealkylation sites (tertiary alicyclic amines) is 4. The van der Waals surface area contributed by atoms with E-state index in [2.05, 4.69) is 67.5 Å². The van der Waals surface area contributed by atoms with Gasteiger partial charge in [0.25, 0.3) is 17.7 Å². The number of nitriles is 2. The molecule has 0 radical (unpaired) electrons. The van der Waals surface area contributed by atoms with Crippen LogP contribution in [0.3, 0.4) is 0 Å². The number of anilines is 4. The Kier molecular flexibility index (Phi) is 31.4. The monoisotopic (exact) mass is 1990 g/mol. The van der Waals surface area contributed by atoms with E-state index < -0.39 is 123 Å². The standard InChI is InChI=1S/C30H34FN5O4.2C30H32FN5O3.C21H30N4O3/c1-4-12-35(27(38)23-14-18-20(31)9-7-11-21(18)33-23)24(13-17(2)3)28(39)36-16-30(15-25(36)26(32)37)19-8-5-6-10-22(19)34-29(30)40;2*1-4-12-35(27(37)25-14-20-22(31)9-7-11-23(20)33-25)26(13-18(2)3)28(38)36-17-30(15-19(36)16-32)21-8-5-6-10-24(21)34-29(30)39;1-4-9-23-16(10-13(2)3)19(27)25-12-21(11-17(25)18(22)26)14-7-5-6-8-15(14)24-20(21)28/h5-11,14,17,24-25,33H,4,12-13,15-16H2,1-3H3,(H2,32,37)(H,34,40);2*5-11,14,18-19,26,33H,4,12-13,15,17H2,1-3H3,(H,34,39);5-8,13,16-17,23H,4,9-12H2,1-3H3,(H2,22,26)(H,24,28)/t24-,25-,30-;2*19-,26-,30-;16-,17-,21-/m0000/s1. The van der Waals surface area contributed by atoms with Crippen LogP contribution in [0.1, 0.15) is 214 Å². The number of halogens is 3. The highest BCUT2D eigenvalue weighted by atomic mass is 19.1. The molecule has 12 atom stereocenters. The Bertz CT molecular complexity index is 6610. The third-order valence-corrected chi connectivity index (χ3v) is 29.4. The fraction of sp³-hybridized carbons (Fsp3) is 0.432. The maximum Gasteiger partial charge on any atom is 0.270 e. The third kappa shape index (κ3) is 20.1. The van der Waals surface area contributed by atoms with Crippen LogP contribution in [0.4, 0.5) is 35.9 Å². The molecule has 8 aliphatic rings. The van der Waals surface area contributed by atoms with Gasteiger partial charge in [0.1, 0.15) is 76.8 Å². The number of nitrogens with one attached hydrogen (secondary N) is 8. The highest BCUT2D eigenvalue weighted by Gasteiger charge is 2.62. The summed E-state index contributed by atoms with van der Waals surface area (Å²) in [5, 5.41) is 35.9. The third-order valence-electron chi connectivity index (χ3n) is 29.4. The molecule has 3 aromatic heterocycles. The second-order valence-electron chi connectivity index (χ2n) is 41.4. The Hall–Kier alpha value is -15.0. The van der Waals surface area contributed by atoms with E-state index in [0.29, 0.717) is 115 Å². The molecule has 8 aliphatic heterocycles. The number of hydrogen-bond acceptors (Lipinski definition) is 16. The summed E-state index contributed by atoms with van der Waals surface area (Å²) >= 11 is 0. The van der Waals surface area contributed by atoms with Gasteiger partial charge in [0.15, 0.2) is 0 Å². The first-order valence-electron chi connectivity index (χ1n) is 50.5. The molecule has 12 N–H and O–H groups in total. The summed E-state index contributed by atoms with van der Waals surface area (Å²) in [6.45, 7) is 25.6.